The number of fused-ring (bicyclic) bond motifs is 13. The molecule has 0 bridgehead atoms. The topological polar surface area (TPSA) is 8.17 Å². The van der Waals surface area contributed by atoms with Gasteiger partial charge in [-0.25, -0.2) is 0 Å². The molecule has 12 rings (SSSR count). The average Bonchev–Trinajstić information content (AvgIpc) is 3.89. The third kappa shape index (κ3) is 4.47. The van der Waals surface area contributed by atoms with Gasteiger partial charge in [-0.15, -0.1) is 0 Å². The van der Waals surface area contributed by atoms with Crippen LogP contribution in [0, 0.1) is 0 Å². The smallest absolute Gasteiger partial charge is 0.0726 e. The second-order valence-corrected chi connectivity index (χ2v) is 15.2. The zero-order valence-electron chi connectivity index (χ0n) is 31.2. The number of para-hydroxylation sites is 3. The normalized spacial score (nSPS) is 13.1. The maximum atomic E-state index is 2.48. The minimum atomic E-state index is -0.416. The molecule has 1 heterocycles. The summed E-state index contributed by atoms with van der Waals surface area (Å²) >= 11 is 0. The Morgan fingerprint density at radius 1 is 0.316 bits per heavy atom. The van der Waals surface area contributed by atoms with Crippen LogP contribution in [0.1, 0.15) is 22.3 Å². The molecule has 0 radical (unpaired) electrons. The zero-order valence-corrected chi connectivity index (χ0v) is 31.2. The van der Waals surface area contributed by atoms with Crippen LogP contribution < -0.4 is 4.90 Å². The van der Waals surface area contributed by atoms with Crippen LogP contribution in [-0.2, 0) is 5.41 Å². The van der Waals surface area contributed by atoms with Gasteiger partial charge in [-0.3, -0.25) is 0 Å². The summed E-state index contributed by atoms with van der Waals surface area (Å²) in [6.07, 6.45) is 0. The molecule has 2 nitrogen and oxygen atoms in total. The van der Waals surface area contributed by atoms with E-state index >= 15 is 0 Å². The highest BCUT2D eigenvalue weighted by molar-refractivity contribution is 6.11. The van der Waals surface area contributed by atoms with E-state index in [1.165, 1.54) is 83.1 Å². The van der Waals surface area contributed by atoms with E-state index in [9.17, 15) is 0 Å². The van der Waals surface area contributed by atoms with Crippen molar-refractivity contribution in [2.24, 2.45) is 0 Å². The van der Waals surface area contributed by atoms with Crippen molar-refractivity contribution in [3.05, 3.63) is 241 Å². The molecular formula is C55H36N2. The standard InChI is InChI=1S/C55H36N2/c1-3-17-37(18-4-1)41-21-10-15-29-52(41)57-53-30-16-11-25-46(53)47-35-39(32-34-54(47)57)56(38-19-5-2-6-20-38)40-31-33-45-44-24-9-14-28-50(44)55(51(45)36-40)48-26-12-7-22-42(48)43-23-8-13-27-49(43)55/h1-36H. The Bertz CT molecular complexity index is 3130. The van der Waals surface area contributed by atoms with Crippen LogP contribution in [-0.4, -0.2) is 4.57 Å². The van der Waals surface area contributed by atoms with Crippen LogP contribution in [0.4, 0.5) is 17.1 Å². The second-order valence-electron chi connectivity index (χ2n) is 15.2. The third-order valence-electron chi connectivity index (χ3n) is 12.4. The summed E-state index contributed by atoms with van der Waals surface area (Å²) < 4.78 is 2.44. The Balaban J connectivity index is 1.10. The van der Waals surface area contributed by atoms with E-state index < -0.39 is 5.41 Å². The molecular weight excluding hydrogens is 689 g/mol. The van der Waals surface area contributed by atoms with Crippen molar-refractivity contribution < 1.29 is 0 Å². The predicted molar refractivity (Wildman–Crippen MR) is 237 cm³/mol. The fourth-order valence-electron chi connectivity index (χ4n) is 10.1. The number of hydrogen-bond donors (Lipinski definition) is 0. The van der Waals surface area contributed by atoms with Gasteiger partial charge in [0.05, 0.1) is 22.1 Å². The van der Waals surface area contributed by atoms with Gasteiger partial charge >= 0.3 is 0 Å². The highest BCUT2D eigenvalue weighted by Gasteiger charge is 2.51. The Morgan fingerprint density at radius 3 is 1.49 bits per heavy atom. The van der Waals surface area contributed by atoms with Crippen LogP contribution in [0.15, 0.2) is 218 Å². The van der Waals surface area contributed by atoms with Gasteiger partial charge in [0.1, 0.15) is 0 Å². The first-order chi connectivity index (χ1) is 28.3. The first kappa shape index (κ1) is 31.9. The molecule has 266 valence electrons. The molecule has 57 heavy (non-hydrogen) atoms. The molecule has 2 aliphatic rings. The van der Waals surface area contributed by atoms with Crippen molar-refractivity contribution in [3.8, 4) is 39.1 Å². The van der Waals surface area contributed by atoms with E-state index in [4.69, 9.17) is 0 Å². The molecule has 2 heteroatoms. The molecule has 0 N–H and O–H groups in total. The third-order valence-corrected chi connectivity index (χ3v) is 12.4. The summed E-state index contributed by atoms with van der Waals surface area (Å²) in [6, 6.07) is 80.4. The number of anilines is 3. The first-order valence-corrected chi connectivity index (χ1v) is 19.8. The number of hydrogen-bond acceptors (Lipinski definition) is 1. The number of nitrogens with zero attached hydrogens (tertiary/aromatic N) is 2. The van der Waals surface area contributed by atoms with E-state index in [2.05, 4.69) is 228 Å². The molecule has 0 amide bonds. The van der Waals surface area contributed by atoms with Crippen molar-refractivity contribution in [2.75, 3.05) is 4.90 Å². The van der Waals surface area contributed by atoms with Crippen molar-refractivity contribution in [1.29, 1.82) is 0 Å². The van der Waals surface area contributed by atoms with Gasteiger partial charge in [-0.1, -0.05) is 164 Å². The molecule has 10 aromatic rings. The molecule has 9 aromatic carbocycles. The van der Waals surface area contributed by atoms with Gasteiger partial charge in [0, 0.05) is 33.4 Å². The maximum absolute atomic E-state index is 2.48. The average molecular weight is 725 g/mol. The highest BCUT2D eigenvalue weighted by Crippen LogP contribution is 2.63. The summed E-state index contributed by atoms with van der Waals surface area (Å²) in [4.78, 5) is 2.44. The van der Waals surface area contributed by atoms with Gasteiger partial charge in [-0.2, -0.15) is 0 Å². The van der Waals surface area contributed by atoms with Gasteiger partial charge in [0.2, 0.25) is 0 Å². The Kier molecular flexibility index (Phi) is 6.88. The number of rotatable bonds is 5. The largest absolute Gasteiger partial charge is 0.310 e. The van der Waals surface area contributed by atoms with Crippen molar-refractivity contribution in [2.45, 2.75) is 5.41 Å². The lowest BCUT2D eigenvalue weighted by molar-refractivity contribution is 0.793. The van der Waals surface area contributed by atoms with Crippen LogP contribution in [0.5, 0.6) is 0 Å². The Morgan fingerprint density at radius 2 is 0.807 bits per heavy atom. The lowest BCUT2D eigenvalue weighted by Gasteiger charge is -2.32. The monoisotopic (exact) mass is 724 g/mol. The molecule has 2 aliphatic carbocycles. The summed E-state index contributed by atoms with van der Waals surface area (Å²) in [6.45, 7) is 0. The molecule has 1 spiro atoms. The lowest BCUT2D eigenvalue weighted by Crippen LogP contribution is -2.26. The summed E-state index contributed by atoms with van der Waals surface area (Å²) in [7, 11) is 0. The fourth-order valence-corrected chi connectivity index (χ4v) is 10.1. The van der Waals surface area contributed by atoms with Crippen LogP contribution in [0.3, 0.4) is 0 Å². The lowest BCUT2D eigenvalue weighted by atomic mass is 9.70. The molecule has 0 aliphatic heterocycles. The number of aromatic nitrogens is 1. The maximum Gasteiger partial charge on any atom is 0.0726 e. The van der Waals surface area contributed by atoms with E-state index in [1.807, 2.05) is 0 Å². The van der Waals surface area contributed by atoms with Gasteiger partial charge in [0.25, 0.3) is 0 Å². The van der Waals surface area contributed by atoms with E-state index in [0.717, 1.165) is 17.1 Å². The van der Waals surface area contributed by atoms with Crippen molar-refractivity contribution >= 4 is 38.9 Å². The molecule has 0 saturated heterocycles. The van der Waals surface area contributed by atoms with Crippen molar-refractivity contribution in [3.63, 3.8) is 0 Å². The highest BCUT2D eigenvalue weighted by atomic mass is 15.1. The minimum Gasteiger partial charge on any atom is -0.310 e. The van der Waals surface area contributed by atoms with Crippen LogP contribution in [0.25, 0.3) is 60.9 Å². The van der Waals surface area contributed by atoms with Gasteiger partial charge < -0.3 is 9.47 Å². The fraction of sp³-hybridized carbons (Fsp3) is 0.0182. The second kappa shape index (κ2) is 12.3. The Hall–Kier alpha value is -7.42. The summed E-state index contributed by atoms with van der Waals surface area (Å²) in [5, 5.41) is 2.45. The SMILES string of the molecule is c1ccc(-c2ccccc2-n2c3ccccc3c3cc(N(c4ccccc4)c4ccc5c(c4)C4(c6ccccc6-c6ccccc64)c4ccccc4-5)ccc32)cc1. The van der Waals surface area contributed by atoms with E-state index in [1.54, 1.807) is 0 Å². The molecule has 0 unspecified atom stereocenters. The molecule has 0 fully saturated rings. The van der Waals surface area contributed by atoms with E-state index in [0.29, 0.717) is 0 Å². The zero-order chi connectivity index (χ0) is 37.5. The summed E-state index contributed by atoms with van der Waals surface area (Å²) in [5.41, 5.74) is 19.5. The first-order valence-electron chi connectivity index (χ1n) is 19.8. The predicted octanol–water partition coefficient (Wildman–Crippen LogP) is 14.3. The van der Waals surface area contributed by atoms with Gasteiger partial charge in [-0.05, 0) is 105 Å². The molecule has 0 saturated carbocycles. The van der Waals surface area contributed by atoms with Crippen molar-refractivity contribution in [1.82, 2.24) is 4.57 Å². The Labute approximate surface area is 332 Å². The quantitative estimate of drug-likeness (QED) is 0.172. The number of benzene rings is 9. The molecule has 1 aromatic heterocycles. The minimum absolute atomic E-state index is 0.416. The van der Waals surface area contributed by atoms with Crippen LogP contribution in [0.2, 0.25) is 0 Å². The van der Waals surface area contributed by atoms with Crippen LogP contribution >= 0.6 is 0 Å². The molecule has 0 atom stereocenters. The van der Waals surface area contributed by atoms with Gasteiger partial charge in [0.15, 0.2) is 0 Å². The summed E-state index contributed by atoms with van der Waals surface area (Å²) in [5.74, 6) is 0. The van der Waals surface area contributed by atoms with E-state index in [-0.39, 0.29) is 0 Å².